The number of amides is 1. The molecule has 0 fully saturated rings. The monoisotopic (exact) mass is 268 g/mol. The first kappa shape index (κ1) is 14.4. The molecule has 0 aliphatic heterocycles. The zero-order valence-corrected chi connectivity index (χ0v) is 10.0. The number of aliphatic carboxylic acids is 1. The van der Waals surface area contributed by atoms with Crippen LogP contribution in [-0.4, -0.2) is 40.5 Å². The van der Waals surface area contributed by atoms with Crippen molar-refractivity contribution < 1.29 is 19.6 Å². The van der Waals surface area contributed by atoms with Gasteiger partial charge in [0.1, 0.15) is 0 Å². The quantitative estimate of drug-likeness (QED) is 0.496. The Morgan fingerprint density at radius 3 is 2.74 bits per heavy atom. The van der Waals surface area contributed by atoms with E-state index >= 15 is 0 Å². The van der Waals surface area contributed by atoms with Gasteiger partial charge in [0.2, 0.25) is 5.82 Å². The highest BCUT2D eigenvalue weighted by Crippen LogP contribution is 2.21. The summed E-state index contributed by atoms with van der Waals surface area (Å²) in [4.78, 5) is 35.8. The van der Waals surface area contributed by atoms with Gasteiger partial charge in [0, 0.05) is 25.9 Å². The Morgan fingerprint density at radius 2 is 2.21 bits per heavy atom. The molecule has 0 radical (unpaired) electrons. The molecule has 0 atom stereocenters. The average Bonchev–Trinajstić information content (AvgIpc) is 2.37. The lowest BCUT2D eigenvalue weighted by atomic mass is 10.2. The van der Waals surface area contributed by atoms with Gasteiger partial charge in [-0.05, 0) is 0 Å². The summed E-state index contributed by atoms with van der Waals surface area (Å²) in [5.41, 5.74) is -0.329. The summed E-state index contributed by atoms with van der Waals surface area (Å²) in [6, 6.07) is 1.08. The van der Waals surface area contributed by atoms with Crippen molar-refractivity contribution in [3.8, 4) is 0 Å². The number of carboxylic acid groups (broad SMARTS) is 1. The molecule has 19 heavy (non-hydrogen) atoms. The molecule has 0 aliphatic rings. The first-order chi connectivity index (χ1) is 8.95. The second-order valence-electron chi connectivity index (χ2n) is 3.50. The third-order valence-corrected chi connectivity index (χ3v) is 2.19. The van der Waals surface area contributed by atoms with Crippen LogP contribution in [0.25, 0.3) is 0 Å². The molecule has 0 bridgehead atoms. The van der Waals surface area contributed by atoms with Crippen LogP contribution in [0.2, 0.25) is 0 Å². The summed E-state index contributed by atoms with van der Waals surface area (Å²) in [5, 5.41) is 24.1. The molecule has 0 unspecified atom stereocenters. The van der Waals surface area contributed by atoms with Gasteiger partial charge < -0.3 is 15.7 Å². The van der Waals surface area contributed by atoms with E-state index in [4.69, 9.17) is 5.11 Å². The lowest BCUT2D eigenvalue weighted by molar-refractivity contribution is -0.384. The Kier molecular flexibility index (Phi) is 4.75. The van der Waals surface area contributed by atoms with Crippen LogP contribution in [0, 0.1) is 10.1 Å². The molecule has 1 aromatic rings. The molecule has 3 N–H and O–H groups in total. The Balaban J connectivity index is 2.83. The number of anilines is 1. The molecule has 1 amide bonds. The van der Waals surface area contributed by atoms with Crippen LogP contribution < -0.4 is 10.6 Å². The third kappa shape index (κ3) is 3.91. The second-order valence-corrected chi connectivity index (χ2v) is 3.50. The van der Waals surface area contributed by atoms with Gasteiger partial charge >= 0.3 is 11.7 Å². The number of carbonyl (C=O) groups is 2. The van der Waals surface area contributed by atoms with E-state index in [1.54, 1.807) is 0 Å². The zero-order chi connectivity index (χ0) is 14.4. The molecule has 9 nitrogen and oxygen atoms in total. The van der Waals surface area contributed by atoms with Gasteiger partial charge in [0.15, 0.2) is 0 Å². The van der Waals surface area contributed by atoms with Gasteiger partial charge in [-0.15, -0.1) is 0 Å². The molecular weight excluding hydrogens is 256 g/mol. The van der Waals surface area contributed by atoms with Gasteiger partial charge in [-0.2, -0.15) is 0 Å². The number of hydrogen-bond donors (Lipinski definition) is 3. The van der Waals surface area contributed by atoms with Crippen LogP contribution in [-0.2, 0) is 4.79 Å². The van der Waals surface area contributed by atoms with Crippen molar-refractivity contribution >= 4 is 23.4 Å². The molecule has 1 rings (SSSR count). The van der Waals surface area contributed by atoms with Gasteiger partial charge in [0.25, 0.3) is 5.91 Å². The minimum Gasteiger partial charge on any atom is -0.481 e. The number of hydrogen-bond acceptors (Lipinski definition) is 6. The number of carbonyl (C=O) groups excluding carboxylic acids is 1. The topological polar surface area (TPSA) is 134 Å². The molecular formula is C10H12N4O5. The maximum Gasteiger partial charge on any atom is 0.312 e. The third-order valence-electron chi connectivity index (χ3n) is 2.19. The maximum absolute atomic E-state index is 11.6. The van der Waals surface area contributed by atoms with E-state index in [-0.39, 0.29) is 30.0 Å². The number of nitro groups is 1. The van der Waals surface area contributed by atoms with E-state index in [1.807, 2.05) is 0 Å². The normalized spacial score (nSPS) is 9.74. The Morgan fingerprint density at radius 1 is 1.53 bits per heavy atom. The largest absolute Gasteiger partial charge is 0.481 e. The summed E-state index contributed by atoms with van der Waals surface area (Å²) in [7, 11) is 1.47. The van der Waals surface area contributed by atoms with Crippen LogP contribution in [0.15, 0.2) is 12.3 Å². The lowest BCUT2D eigenvalue weighted by Gasteiger charge is -2.05. The summed E-state index contributed by atoms with van der Waals surface area (Å²) < 4.78 is 0. The van der Waals surface area contributed by atoms with Crippen LogP contribution in [0.5, 0.6) is 0 Å². The summed E-state index contributed by atoms with van der Waals surface area (Å²) in [6.45, 7) is -0.0598. The maximum atomic E-state index is 11.6. The smallest absolute Gasteiger partial charge is 0.312 e. The van der Waals surface area contributed by atoms with Crippen LogP contribution in [0.1, 0.15) is 16.8 Å². The van der Waals surface area contributed by atoms with Crippen molar-refractivity contribution in [1.82, 2.24) is 10.3 Å². The van der Waals surface area contributed by atoms with Crippen molar-refractivity contribution in [1.29, 1.82) is 0 Å². The average molecular weight is 268 g/mol. The standard InChI is InChI=1S/C10H12N4O5/c1-11-9-7(14(18)19)4-6(5-13-9)10(17)12-3-2-8(15)16/h4-5H,2-3H2,1H3,(H,11,13)(H,12,17)(H,15,16). The second kappa shape index (κ2) is 6.28. The summed E-state index contributed by atoms with van der Waals surface area (Å²) in [6.07, 6.45) is 0.949. The predicted molar refractivity (Wildman–Crippen MR) is 65.0 cm³/mol. The fourth-order valence-electron chi connectivity index (χ4n) is 1.29. The van der Waals surface area contributed by atoms with Crippen molar-refractivity contribution in [2.24, 2.45) is 0 Å². The molecule has 0 spiro atoms. The molecule has 0 saturated heterocycles. The van der Waals surface area contributed by atoms with Crippen molar-refractivity contribution in [2.45, 2.75) is 6.42 Å². The highest BCUT2D eigenvalue weighted by molar-refractivity contribution is 5.95. The van der Waals surface area contributed by atoms with Crippen molar-refractivity contribution in [3.63, 3.8) is 0 Å². The van der Waals surface area contributed by atoms with E-state index < -0.39 is 16.8 Å². The van der Waals surface area contributed by atoms with Crippen molar-refractivity contribution in [3.05, 3.63) is 27.9 Å². The number of carboxylic acids is 1. The van der Waals surface area contributed by atoms with E-state index in [0.29, 0.717) is 0 Å². The van der Waals surface area contributed by atoms with Gasteiger partial charge in [-0.1, -0.05) is 0 Å². The minimum atomic E-state index is -1.05. The van der Waals surface area contributed by atoms with Crippen molar-refractivity contribution in [2.75, 3.05) is 18.9 Å². The zero-order valence-electron chi connectivity index (χ0n) is 10.0. The SMILES string of the molecule is CNc1ncc(C(=O)NCCC(=O)O)cc1[N+](=O)[O-]. The predicted octanol–water partition coefficient (Wildman–Crippen LogP) is 0.236. The number of rotatable bonds is 6. The minimum absolute atomic E-state index is 0.00362. The highest BCUT2D eigenvalue weighted by atomic mass is 16.6. The van der Waals surface area contributed by atoms with E-state index in [1.165, 1.54) is 13.2 Å². The van der Waals surface area contributed by atoms with Gasteiger partial charge in [0.05, 0.1) is 16.9 Å². The first-order valence-corrected chi connectivity index (χ1v) is 5.28. The van der Waals surface area contributed by atoms with E-state index in [9.17, 15) is 19.7 Å². The Hall–Kier alpha value is -2.71. The number of pyridine rings is 1. The molecule has 1 heterocycles. The van der Waals surface area contributed by atoms with Gasteiger partial charge in [-0.25, -0.2) is 4.98 Å². The fraction of sp³-hybridized carbons (Fsp3) is 0.300. The number of aromatic nitrogens is 1. The first-order valence-electron chi connectivity index (χ1n) is 5.28. The lowest BCUT2D eigenvalue weighted by Crippen LogP contribution is -2.26. The highest BCUT2D eigenvalue weighted by Gasteiger charge is 2.18. The number of nitrogens with zero attached hydrogens (tertiary/aromatic N) is 2. The van der Waals surface area contributed by atoms with Crippen LogP contribution in [0.3, 0.4) is 0 Å². The van der Waals surface area contributed by atoms with Crippen LogP contribution in [0.4, 0.5) is 11.5 Å². The van der Waals surface area contributed by atoms with E-state index in [0.717, 1.165) is 6.07 Å². The Bertz CT molecular complexity index is 517. The van der Waals surface area contributed by atoms with E-state index in [2.05, 4.69) is 15.6 Å². The summed E-state index contributed by atoms with van der Waals surface area (Å²) >= 11 is 0. The molecule has 9 heteroatoms. The molecule has 0 aliphatic carbocycles. The molecule has 102 valence electrons. The Labute approximate surface area is 107 Å². The van der Waals surface area contributed by atoms with Crippen LogP contribution >= 0.6 is 0 Å². The number of nitrogens with one attached hydrogen (secondary N) is 2. The fourth-order valence-corrected chi connectivity index (χ4v) is 1.29. The molecule has 1 aromatic heterocycles. The molecule has 0 saturated carbocycles. The summed E-state index contributed by atoms with van der Waals surface area (Å²) in [5.74, 6) is -1.61. The van der Waals surface area contributed by atoms with Gasteiger partial charge in [-0.3, -0.25) is 19.7 Å². The molecule has 0 aromatic carbocycles.